The molecule has 27 heavy (non-hydrogen) atoms. The number of nitrogens with one attached hydrogen (secondary N) is 3. The number of hydrogen-bond donors (Lipinski definition) is 3. The predicted octanol–water partition coefficient (Wildman–Crippen LogP) is 3.27. The third-order valence-corrected chi connectivity index (χ3v) is 4.34. The van der Waals surface area contributed by atoms with Crippen molar-refractivity contribution in [2.75, 3.05) is 18.5 Å². The van der Waals surface area contributed by atoms with Gasteiger partial charge in [0, 0.05) is 34.3 Å². The summed E-state index contributed by atoms with van der Waals surface area (Å²) in [5.41, 5.74) is 1.37. The lowest BCUT2D eigenvalue weighted by molar-refractivity contribution is 0.172. The van der Waals surface area contributed by atoms with E-state index >= 15 is 0 Å². The summed E-state index contributed by atoms with van der Waals surface area (Å²) in [5.74, 6) is 1.24. The molecule has 0 saturated carbocycles. The van der Waals surface area contributed by atoms with Crippen LogP contribution in [0.5, 0.6) is 11.5 Å². The molecule has 3 aromatic rings. The Hall–Kier alpha value is -3.19. The average molecular weight is 386 g/mol. The van der Waals surface area contributed by atoms with Gasteiger partial charge in [-0.05, 0) is 30.3 Å². The van der Waals surface area contributed by atoms with Crippen LogP contribution in [0.25, 0.3) is 10.9 Å². The highest BCUT2D eigenvalue weighted by Crippen LogP contribution is 2.33. The van der Waals surface area contributed by atoms with Gasteiger partial charge in [-0.15, -0.1) is 0 Å². The Morgan fingerprint density at radius 1 is 1.11 bits per heavy atom. The van der Waals surface area contributed by atoms with Gasteiger partial charge in [-0.1, -0.05) is 17.7 Å². The highest BCUT2D eigenvalue weighted by Gasteiger charge is 2.14. The molecule has 0 unspecified atom stereocenters. The van der Waals surface area contributed by atoms with Gasteiger partial charge in [-0.2, -0.15) is 0 Å². The van der Waals surface area contributed by atoms with Crippen molar-refractivity contribution < 1.29 is 14.3 Å². The number of fused-ring (bicyclic) bond motifs is 2. The molecule has 2 aromatic carbocycles. The molecular weight excluding hydrogens is 370 g/mol. The molecular formula is C19H16ClN3O4. The lowest BCUT2D eigenvalue weighted by Crippen LogP contribution is -2.30. The molecule has 8 heteroatoms. The number of hydrogen-bond acceptors (Lipinski definition) is 4. The molecule has 1 aromatic heterocycles. The van der Waals surface area contributed by atoms with E-state index in [1.54, 1.807) is 36.4 Å². The molecule has 2 heterocycles. The zero-order chi connectivity index (χ0) is 18.8. The molecule has 0 fully saturated rings. The van der Waals surface area contributed by atoms with Crippen molar-refractivity contribution in [3.8, 4) is 11.5 Å². The molecule has 1 aliphatic rings. The zero-order valence-electron chi connectivity index (χ0n) is 14.2. The van der Waals surface area contributed by atoms with Crippen LogP contribution in [0, 0.1) is 0 Å². The quantitative estimate of drug-likeness (QED) is 0.645. The highest BCUT2D eigenvalue weighted by atomic mass is 35.5. The molecule has 7 nitrogen and oxygen atoms in total. The van der Waals surface area contributed by atoms with E-state index in [1.165, 1.54) is 0 Å². The summed E-state index contributed by atoms with van der Waals surface area (Å²) < 4.78 is 11.1. The van der Waals surface area contributed by atoms with Crippen molar-refractivity contribution in [3.63, 3.8) is 0 Å². The number of rotatable bonds is 3. The molecule has 4 rings (SSSR count). The molecule has 2 amide bonds. The first kappa shape index (κ1) is 17.2. The SMILES string of the molecule is O=C(NCc1cc2cc3c(cc2[nH]c1=O)OCCO3)Nc1cccc(Cl)c1. The van der Waals surface area contributed by atoms with E-state index in [0.29, 0.717) is 46.5 Å². The number of urea groups is 1. The first-order valence-electron chi connectivity index (χ1n) is 8.34. The second-order valence-corrected chi connectivity index (χ2v) is 6.46. The predicted molar refractivity (Wildman–Crippen MR) is 103 cm³/mol. The van der Waals surface area contributed by atoms with Crippen molar-refractivity contribution >= 4 is 34.2 Å². The summed E-state index contributed by atoms with van der Waals surface area (Å²) in [6.07, 6.45) is 0. The molecule has 0 radical (unpaired) electrons. The van der Waals surface area contributed by atoms with Crippen LogP contribution in [0.2, 0.25) is 5.02 Å². The van der Waals surface area contributed by atoms with Crippen LogP contribution >= 0.6 is 11.6 Å². The van der Waals surface area contributed by atoms with E-state index in [-0.39, 0.29) is 12.1 Å². The normalized spacial score (nSPS) is 12.6. The minimum absolute atomic E-state index is 0.0755. The second-order valence-electron chi connectivity index (χ2n) is 6.02. The van der Waals surface area contributed by atoms with Crippen molar-refractivity contribution in [3.05, 3.63) is 63.4 Å². The van der Waals surface area contributed by atoms with E-state index in [2.05, 4.69) is 15.6 Å². The fraction of sp³-hybridized carbons (Fsp3) is 0.158. The first-order chi connectivity index (χ1) is 13.1. The smallest absolute Gasteiger partial charge is 0.319 e. The monoisotopic (exact) mass is 385 g/mol. The Kier molecular flexibility index (Phi) is 4.60. The lowest BCUT2D eigenvalue weighted by atomic mass is 10.1. The second kappa shape index (κ2) is 7.20. The number of amides is 2. The van der Waals surface area contributed by atoms with Gasteiger partial charge in [0.05, 0.1) is 5.52 Å². The molecule has 3 N–H and O–H groups in total. The molecule has 0 aliphatic carbocycles. The number of anilines is 1. The number of benzene rings is 2. The van der Waals surface area contributed by atoms with E-state index < -0.39 is 6.03 Å². The minimum Gasteiger partial charge on any atom is -0.486 e. The van der Waals surface area contributed by atoms with Crippen LogP contribution in [0.15, 0.2) is 47.3 Å². The topological polar surface area (TPSA) is 92.5 Å². The molecule has 0 saturated heterocycles. The van der Waals surface area contributed by atoms with Crippen LogP contribution < -0.4 is 25.7 Å². The van der Waals surface area contributed by atoms with Gasteiger partial charge in [0.1, 0.15) is 13.2 Å². The molecule has 138 valence electrons. The van der Waals surface area contributed by atoms with Crippen molar-refractivity contribution in [2.24, 2.45) is 0 Å². The third kappa shape index (κ3) is 3.83. The standard InChI is InChI=1S/C19H16ClN3O4/c20-13-2-1-3-14(8-13)22-19(25)21-10-12-6-11-7-16-17(27-5-4-26-16)9-15(11)23-18(12)24/h1-3,6-9H,4-5,10H2,(H,23,24)(H2,21,22,25). The highest BCUT2D eigenvalue weighted by molar-refractivity contribution is 6.30. The van der Waals surface area contributed by atoms with E-state index in [1.807, 2.05) is 6.07 Å². The number of carbonyl (C=O) groups excluding carboxylic acids is 1. The number of ether oxygens (including phenoxy) is 2. The summed E-state index contributed by atoms with van der Waals surface area (Å²) in [6.45, 7) is 1.04. The number of carbonyl (C=O) groups is 1. The Labute approximate surface area is 159 Å². The minimum atomic E-state index is -0.432. The van der Waals surface area contributed by atoms with Crippen LogP contribution in [0.4, 0.5) is 10.5 Å². The Bertz CT molecular complexity index is 1080. The number of aromatic amines is 1. The average Bonchev–Trinajstić information content (AvgIpc) is 2.65. The fourth-order valence-corrected chi connectivity index (χ4v) is 3.03. The van der Waals surface area contributed by atoms with Gasteiger partial charge >= 0.3 is 6.03 Å². The number of halogens is 1. The van der Waals surface area contributed by atoms with Crippen molar-refractivity contribution in [1.29, 1.82) is 0 Å². The summed E-state index contributed by atoms with van der Waals surface area (Å²) in [7, 11) is 0. The lowest BCUT2D eigenvalue weighted by Gasteiger charge is -2.18. The van der Waals surface area contributed by atoms with Gasteiger partial charge in [-0.25, -0.2) is 4.79 Å². The van der Waals surface area contributed by atoms with Gasteiger partial charge in [0.2, 0.25) is 0 Å². The Morgan fingerprint density at radius 2 is 1.89 bits per heavy atom. The van der Waals surface area contributed by atoms with E-state index in [4.69, 9.17) is 21.1 Å². The zero-order valence-corrected chi connectivity index (χ0v) is 14.9. The number of H-pyrrole nitrogens is 1. The summed E-state index contributed by atoms with van der Waals surface area (Å²) in [5, 5.41) is 6.65. The summed E-state index contributed by atoms with van der Waals surface area (Å²) in [6, 6.07) is 11.7. The van der Waals surface area contributed by atoms with Crippen LogP contribution in [0.3, 0.4) is 0 Å². The van der Waals surface area contributed by atoms with Gasteiger partial charge in [0.15, 0.2) is 11.5 Å². The Morgan fingerprint density at radius 3 is 2.67 bits per heavy atom. The molecule has 1 aliphatic heterocycles. The van der Waals surface area contributed by atoms with E-state index in [9.17, 15) is 9.59 Å². The summed E-state index contributed by atoms with van der Waals surface area (Å²) in [4.78, 5) is 27.2. The largest absolute Gasteiger partial charge is 0.486 e. The van der Waals surface area contributed by atoms with Crippen LogP contribution in [-0.2, 0) is 6.54 Å². The fourth-order valence-electron chi connectivity index (χ4n) is 2.84. The maximum absolute atomic E-state index is 12.3. The van der Waals surface area contributed by atoms with Crippen LogP contribution in [0.1, 0.15) is 5.56 Å². The maximum Gasteiger partial charge on any atom is 0.319 e. The van der Waals surface area contributed by atoms with Gasteiger partial charge in [-0.3, -0.25) is 4.79 Å². The summed E-state index contributed by atoms with van der Waals surface area (Å²) >= 11 is 5.89. The Balaban J connectivity index is 1.50. The van der Waals surface area contributed by atoms with Crippen LogP contribution in [-0.4, -0.2) is 24.2 Å². The number of pyridine rings is 1. The van der Waals surface area contributed by atoms with Crippen molar-refractivity contribution in [1.82, 2.24) is 10.3 Å². The maximum atomic E-state index is 12.3. The first-order valence-corrected chi connectivity index (χ1v) is 8.72. The van der Waals surface area contributed by atoms with Crippen molar-refractivity contribution in [2.45, 2.75) is 6.54 Å². The molecule has 0 spiro atoms. The number of aromatic nitrogens is 1. The molecule has 0 atom stereocenters. The van der Waals surface area contributed by atoms with E-state index in [0.717, 1.165) is 5.39 Å². The third-order valence-electron chi connectivity index (χ3n) is 4.11. The van der Waals surface area contributed by atoms with Gasteiger partial charge < -0.3 is 25.1 Å². The molecule has 0 bridgehead atoms. The van der Waals surface area contributed by atoms with Gasteiger partial charge in [0.25, 0.3) is 5.56 Å².